The molecule has 0 spiro atoms. The first-order valence-electron chi connectivity index (χ1n) is 6.85. The van der Waals surface area contributed by atoms with E-state index in [1.54, 1.807) is 6.20 Å². The van der Waals surface area contributed by atoms with Gasteiger partial charge in [0.05, 0.1) is 5.69 Å². The van der Waals surface area contributed by atoms with E-state index in [1.165, 1.54) is 5.56 Å². The molecule has 1 heterocycles. The number of hydrogen-bond acceptors (Lipinski definition) is 2. The Kier molecular flexibility index (Phi) is 4.06. The van der Waals surface area contributed by atoms with Gasteiger partial charge < -0.3 is 5.32 Å². The highest BCUT2D eigenvalue weighted by Crippen LogP contribution is 2.27. The second kappa shape index (κ2) is 6.14. The fourth-order valence-corrected chi connectivity index (χ4v) is 2.94. The van der Waals surface area contributed by atoms with Crippen LogP contribution in [0.15, 0.2) is 65.3 Å². The monoisotopic (exact) mass is 341 g/mol. The van der Waals surface area contributed by atoms with Crippen LogP contribution in [0.25, 0.3) is 11.3 Å². The summed E-state index contributed by atoms with van der Waals surface area (Å²) in [5.41, 5.74) is 4.50. The number of benzene rings is 2. The molecule has 106 valence electrons. The van der Waals surface area contributed by atoms with Crippen LogP contribution in [-0.2, 0) is 0 Å². The number of hydrogen-bond donors (Lipinski definition) is 2. The first-order chi connectivity index (χ1) is 10.2. The third kappa shape index (κ3) is 3.16. The number of aromatic nitrogens is 2. The van der Waals surface area contributed by atoms with Crippen molar-refractivity contribution in [2.24, 2.45) is 0 Å². The first kappa shape index (κ1) is 13.9. The second-order valence-electron chi connectivity index (χ2n) is 4.94. The van der Waals surface area contributed by atoms with Crippen LogP contribution >= 0.6 is 15.9 Å². The Hall–Kier alpha value is -2.07. The third-order valence-electron chi connectivity index (χ3n) is 3.45. The molecule has 0 saturated heterocycles. The van der Waals surface area contributed by atoms with Crippen LogP contribution in [0.5, 0.6) is 0 Å². The van der Waals surface area contributed by atoms with E-state index in [2.05, 4.69) is 80.8 Å². The van der Waals surface area contributed by atoms with Crippen molar-refractivity contribution in [3.8, 4) is 11.3 Å². The first-order valence-corrected chi connectivity index (χ1v) is 7.64. The summed E-state index contributed by atoms with van der Waals surface area (Å²) < 4.78 is 1.12. The highest BCUT2D eigenvalue weighted by molar-refractivity contribution is 9.10. The Bertz CT molecular complexity index is 705. The van der Waals surface area contributed by atoms with Gasteiger partial charge >= 0.3 is 0 Å². The van der Waals surface area contributed by atoms with Crippen molar-refractivity contribution in [1.29, 1.82) is 0 Å². The summed E-state index contributed by atoms with van der Waals surface area (Å²) in [6, 6.07) is 18.8. The second-order valence-corrected chi connectivity index (χ2v) is 5.79. The zero-order chi connectivity index (χ0) is 14.7. The number of H-pyrrole nitrogens is 1. The van der Waals surface area contributed by atoms with Gasteiger partial charge in [0, 0.05) is 22.4 Å². The molecule has 2 N–H and O–H groups in total. The quantitative estimate of drug-likeness (QED) is 0.700. The van der Waals surface area contributed by atoms with Crippen molar-refractivity contribution >= 4 is 21.6 Å². The lowest BCUT2D eigenvalue weighted by Crippen LogP contribution is -2.07. The van der Waals surface area contributed by atoms with E-state index in [0.29, 0.717) is 0 Å². The summed E-state index contributed by atoms with van der Waals surface area (Å²) in [4.78, 5) is 0. The van der Waals surface area contributed by atoms with Crippen LogP contribution < -0.4 is 5.32 Å². The standard InChI is InChI=1S/C17H16BrN3/c1-12(15-4-2-3-5-16(15)18)20-14-8-6-13(7-9-14)17-10-11-19-21-17/h2-12,20H,1H3,(H,19,21). The van der Waals surface area contributed by atoms with Crippen LogP contribution in [0.4, 0.5) is 5.69 Å². The van der Waals surface area contributed by atoms with E-state index in [4.69, 9.17) is 0 Å². The van der Waals surface area contributed by atoms with Gasteiger partial charge in [-0.2, -0.15) is 5.10 Å². The Morgan fingerprint density at radius 1 is 1.05 bits per heavy atom. The molecule has 3 nitrogen and oxygen atoms in total. The van der Waals surface area contributed by atoms with Crippen LogP contribution in [0.3, 0.4) is 0 Å². The minimum Gasteiger partial charge on any atom is -0.378 e. The number of aromatic amines is 1. The maximum Gasteiger partial charge on any atom is 0.0650 e. The summed E-state index contributed by atoms with van der Waals surface area (Å²) in [6.45, 7) is 2.16. The molecule has 1 aromatic heterocycles. The van der Waals surface area contributed by atoms with E-state index in [9.17, 15) is 0 Å². The van der Waals surface area contributed by atoms with Crippen molar-refractivity contribution in [2.75, 3.05) is 5.32 Å². The van der Waals surface area contributed by atoms with Crippen LogP contribution in [0.1, 0.15) is 18.5 Å². The van der Waals surface area contributed by atoms with E-state index in [1.807, 2.05) is 12.1 Å². The highest BCUT2D eigenvalue weighted by atomic mass is 79.9. The van der Waals surface area contributed by atoms with E-state index in [-0.39, 0.29) is 6.04 Å². The van der Waals surface area contributed by atoms with E-state index < -0.39 is 0 Å². The molecule has 4 heteroatoms. The zero-order valence-electron chi connectivity index (χ0n) is 11.7. The molecule has 0 saturated carbocycles. The van der Waals surface area contributed by atoms with Gasteiger partial charge in [-0.1, -0.05) is 46.3 Å². The minimum atomic E-state index is 0.235. The number of nitrogens with zero attached hydrogens (tertiary/aromatic N) is 1. The minimum absolute atomic E-state index is 0.235. The normalized spacial score (nSPS) is 12.1. The summed E-state index contributed by atoms with van der Waals surface area (Å²) in [6.07, 6.45) is 1.76. The van der Waals surface area contributed by atoms with E-state index in [0.717, 1.165) is 21.4 Å². The summed E-state index contributed by atoms with van der Waals surface area (Å²) in [7, 11) is 0. The number of rotatable bonds is 4. The Labute approximate surface area is 132 Å². The number of halogens is 1. The van der Waals surface area contributed by atoms with Crippen LogP contribution in [0.2, 0.25) is 0 Å². The van der Waals surface area contributed by atoms with Gasteiger partial charge in [-0.25, -0.2) is 0 Å². The molecule has 0 aliphatic rings. The van der Waals surface area contributed by atoms with Crippen molar-refractivity contribution in [3.63, 3.8) is 0 Å². The molecule has 1 unspecified atom stereocenters. The molecule has 0 aliphatic heterocycles. The average molecular weight is 342 g/mol. The lowest BCUT2D eigenvalue weighted by Gasteiger charge is -2.17. The Balaban J connectivity index is 1.75. The molecule has 0 aliphatic carbocycles. The lowest BCUT2D eigenvalue weighted by atomic mass is 10.1. The predicted molar refractivity (Wildman–Crippen MR) is 90.2 cm³/mol. The molecular formula is C17H16BrN3. The molecular weight excluding hydrogens is 326 g/mol. The molecule has 2 aromatic carbocycles. The van der Waals surface area contributed by atoms with E-state index >= 15 is 0 Å². The third-order valence-corrected chi connectivity index (χ3v) is 4.17. The van der Waals surface area contributed by atoms with Gasteiger partial charge in [-0.3, -0.25) is 5.10 Å². The molecule has 0 radical (unpaired) electrons. The largest absolute Gasteiger partial charge is 0.378 e. The molecule has 0 fully saturated rings. The predicted octanol–water partition coefficient (Wildman–Crippen LogP) is 5.01. The van der Waals surface area contributed by atoms with Crippen molar-refractivity contribution in [2.45, 2.75) is 13.0 Å². The molecule has 0 bridgehead atoms. The summed E-state index contributed by atoms with van der Waals surface area (Å²) in [5.74, 6) is 0. The smallest absolute Gasteiger partial charge is 0.0650 e. The highest BCUT2D eigenvalue weighted by Gasteiger charge is 2.08. The molecule has 0 amide bonds. The topological polar surface area (TPSA) is 40.7 Å². The molecule has 1 atom stereocenters. The van der Waals surface area contributed by atoms with Crippen molar-refractivity contribution < 1.29 is 0 Å². The van der Waals surface area contributed by atoms with Crippen molar-refractivity contribution in [3.05, 3.63) is 70.8 Å². The van der Waals surface area contributed by atoms with Crippen LogP contribution in [-0.4, -0.2) is 10.2 Å². The molecule has 3 aromatic rings. The van der Waals surface area contributed by atoms with Gasteiger partial charge in [0.2, 0.25) is 0 Å². The maximum absolute atomic E-state index is 3.97. The van der Waals surface area contributed by atoms with Gasteiger partial charge in [0.15, 0.2) is 0 Å². The zero-order valence-corrected chi connectivity index (χ0v) is 13.3. The van der Waals surface area contributed by atoms with Crippen LogP contribution in [0, 0.1) is 0 Å². The number of nitrogens with one attached hydrogen (secondary N) is 2. The molecule has 21 heavy (non-hydrogen) atoms. The van der Waals surface area contributed by atoms with Gasteiger partial charge in [-0.15, -0.1) is 0 Å². The average Bonchev–Trinajstić information content (AvgIpc) is 3.02. The summed E-state index contributed by atoms with van der Waals surface area (Å²) >= 11 is 3.60. The van der Waals surface area contributed by atoms with Gasteiger partial charge in [-0.05, 0) is 42.3 Å². The number of anilines is 1. The molecule has 3 rings (SSSR count). The van der Waals surface area contributed by atoms with Gasteiger partial charge in [0.25, 0.3) is 0 Å². The lowest BCUT2D eigenvalue weighted by molar-refractivity contribution is 0.879. The fourth-order valence-electron chi connectivity index (χ4n) is 2.32. The Morgan fingerprint density at radius 2 is 1.81 bits per heavy atom. The van der Waals surface area contributed by atoms with Crippen molar-refractivity contribution in [1.82, 2.24) is 10.2 Å². The fraction of sp³-hybridized carbons (Fsp3) is 0.118. The Morgan fingerprint density at radius 3 is 2.48 bits per heavy atom. The maximum atomic E-state index is 3.97. The summed E-state index contributed by atoms with van der Waals surface area (Å²) in [5, 5.41) is 10.5. The SMILES string of the molecule is CC(Nc1ccc(-c2ccn[nH]2)cc1)c1ccccc1Br. The van der Waals surface area contributed by atoms with Gasteiger partial charge in [0.1, 0.15) is 0 Å².